The number of hydrogen-bond donors (Lipinski definition) is 0. The molecule has 94 valence electrons. The van der Waals surface area contributed by atoms with E-state index in [1.165, 1.54) is 6.42 Å². The Morgan fingerprint density at radius 1 is 1.47 bits per heavy atom. The highest BCUT2D eigenvalue weighted by Gasteiger charge is 2.31. The van der Waals surface area contributed by atoms with Crippen LogP contribution in [0.1, 0.15) is 56.3 Å². The SMILES string of the molecule is CCc1cc(C(=O)N2C(C)CCCC2C)no1. The van der Waals surface area contributed by atoms with Crippen molar-refractivity contribution in [3.63, 3.8) is 0 Å². The molecule has 4 nitrogen and oxygen atoms in total. The summed E-state index contributed by atoms with van der Waals surface area (Å²) in [6.07, 6.45) is 4.12. The van der Waals surface area contributed by atoms with Crippen molar-refractivity contribution in [3.8, 4) is 0 Å². The molecule has 0 N–H and O–H groups in total. The maximum Gasteiger partial charge on any atom is 0.276 e. The second-order valence-corrected chi connectivity index (χ2v) is 4.87. The van der Waals surface area contributed by atoms with Gasteiger partial charge in [0.2, 0.25) is 0 Å². The number of nitrogens with zero attached hydrogens (tertiary/aromatic N) is 2. The van der Waals surface area contributed by atoms with Crippen LogP contribution in [0.4, 0.5) is 0 Å². The zero-order valence-electron chi connectivity index (χ0n) is 10.8. The van der Waals surface area contributed by atoms with E-state index in [1.807, 2.05) is 11.8 Å². The Labute approximate surface area is 102 Å². The Kier molecular flexibility index (Phi) is 3.50. The zero-order valence-corrected chi connectivity index (χ0v) is 10.8. The normalized spacial score (nSPS) is 25.0. The largest absolute Gasteiger partial charge is 0.361 e. The van der Waals surface area contributed by atoms with Crippen molar-refractivity contribution < 1.29 is 9.32 Å². The van der Waals surface area contributed by atoms with Gasteiger partial charge >= 0.3 is 0 Å². The third kappa shape index (κ3) is 2.35. The number of rotatable bonds is 2. The molecule has 2 unspecified atom stereocenters. The van der Waals surface area contributed by atoms with Gasteiger partial charge in [0, 0.05) is 24.6 Å². The van der Waals surface area contributed by atoms with Crippen molar-refractivity contribution in [1.82, 2.24) is 10.1 Å². The van der Waals surface area contributed by atoms with Crippen LogP contribution in [0.3, 0.4) is 0 Å². The van der Waals surface area contributed by atoms with Crippen LogP contribution in [0.2, 0.25) is 0 Å². The van der Waals surface area contributed by atoms with Crippen molar-refractivity contribution >= 4 is 5.91 Å². The number of hydrogen-bond acceptors (Lipinski definition) is 3. The molecule has 4 heteroatoms. The molecule has 1 saturated heterocycles. The van der Waals surface area contributed by atoms with E-state index in [2.05, 4.69) is 19.0 Å². The molecule has 0 bridgehead atoms. The molecular weight excluding hydrogens is 216 g/mol. The number of aromatic nitrogens is 1. The lowest BCUT2D eigenvalue weighted by molar-refractivity contribution is 0.0500. The Morgan fingerprint density at radius 3 is 2.65 bits per heavy atom. The van der Waals surface area contributed by atoms with Crippen LogP contribution < -0.4 is 0 Å². The summed E-state index contributed by atoms with van der Waals surface area (Å²) in [6.45, 7) is 6.20. The molecule has 1 aliphatic heterocycles. The number of carbonyl (C=O) groups excluding carboxylic acids is 1. The van der Waals surface area contributed by atoms with Crippen LogP contribution in [0.5, 0.6) is 0 Å². The van der Waals surface area contributed by atoms with Gasteiger partial charge in [0.05, 0.1) is 0 Å². The van der Waals surface area contributed by atoms with E-state index in [1.54, 1.807) is 6.07 Å². The summed E-state index contributed by atoms with van der Waals surface area (Å²) >= 11 is 0. The summed E-state index contributed by atoms with van der Waals surface area (Å²) in [6, 6.07) is 2.36. The summed E-state index contributed by atoms with van der Waals surface area (Å²) in [5, 5.41) is 3.86. The number of amides is 1. The van der Waals surface area contributed by atoms with E-state index in [0.717, 1.165) is 25.0 Å². The Balaban J connectivity index is 2.17. The van der Waals surface area contributed by atoms with Gasteiger partial charge in [-0.05, 0) is 33.1 Å². The van der Waals surface area contributed by atoms with Crippen LogP contribution in [0.15, 0.2) is 10.6 Å². The van der Waals surface area contributed by atoms with Gasteiger partial charge in [-0.15, -0.1) is 0 Å². The number of likely N-dealkylation sites (tertiary alicyclic amines) is 1. The van der Waals surface area contributed by atoms with E-state index in [4.69, 9.17) is 4.52 Å². The second-order valence-electron chi connectivity index (χ2n) is 4.87. The molecule has 1 amide bonds. The zero-order chi connectivity index (χ0) is 12.4. The first kappa shape index (κ1) is 12.1. The minimum Gasteiger partial charge on any atom is -0.361 e. The summed E-state index contributed by atoms with van der Waals surface area (Å²) in [5.74, 6) is 0.777. The van der Waals surface area contributed by atoms with E-state index < -0.39 is 0 Å². The minimum atomic E-state index is 0.00755. The Bertz CT molecular complexity index is 390. The molecule has 0 aromatic carbocycles. The highest BCUT2D eigenvalue weighted by atomic mass is 16.5. The van der Waals surface area contributed by atoms with Gasteiger partial charge in [-0.1, -0.05) is 12.1 Å². The predicted octanol–water partition coefficient (Wildman–Crippen LogP) is 2.64. The summed E-state index contributed by atoms with van der Waals surface area (Å²) in [7, 11) is 0. The van der Waals surface area contributed by atoms with E-state index in [-0.39, 0.29) is 5.91 Å². The molecule has 0 spiro atoms. The third-order valence-electron chi connectivity index (χ3n) is 3.55. The van der Waals surface area contributed by atoms with Gasteiger partial charge in [0.15, 0.2) is 5.69 Å². The fraction of sp³-hybridized carbons (Fsp3) is 0.692. The predicted molar refractivity (Wildman–Crippen MR) is 64.8 cm³/mol. The van der Waals surface area contributed by atoms with Gasteiger partial charge in [-0.2, -0.15) is 0 Å². The number of carbonyl (C=O) groups is 1. The fourth-order valence-electron chi connectivity index (χ4n) is 2.53. The maximum atomic E-state index is 12.4. The smallest absolute Gasteiger partial charge is 0.276 e. The molecule has 2 atom stereocenters. The maximum absolute atomic E-state index is 12.4. The molecule has 1 aliphatic rings. The fourth-order valence-corrected chi connectivity index (χ4v) is 2.53. The van der Waals surface area contributed by atoms with Crippen molar-refractivity contribution in [2.75, 3.05) is 0 Å². The summed E-state index contributed by atoms with van der Waals surface area (Å²) in [5.41, 5.74) is 0.447. The molecule has 17 heavy (non-hydrogen) atoms. The topological polar surface area (TPSA) is 46.3 Å². The van der Waals surface area contributed by atoms with Gasteiger partial charge in [0.25, 0.3) is 5.91 Å². The first-order valence-electron chi connectivity index (χ1n) is 6.41. The Hall–Kier alpha value is -1.32. The van der Waals surface area contributed by atoms with E-state index in [9.17, 15) is 4.79 Å². The molecule has 0 saturated carbocycles. The quantitative estimate of drug-likeness (QED) is 0.793. The molecule has 0 aliphatic carbocycles. The van der Waals surface area contributed by atoms with Crippen molar-refractivity contribution in [2.45, 2.75) is 58.5 Å². The van der Waals surface area contributed by atoms with Crippen LogP contribution in [0.25, 0.3) is 0 Å². The van der Waals surface area contributed by atoms with E-state index >= 15 is 0 Å². The highest BCUT2D eigenvalue weighted by Crippen LogP contribution is 2.24. The molecule has 2 rings (SSSR count). The first-order valence-corrected chi connectivity index (χ1v) is 6.41. The number of piperidine rings is 1. The molecule has 2 heterocycles. The van der Waals surface area contributed by atoms with Gasteiger partial charge in [0.1, 0.15) is 5.76 Å². The molecule has 1 aromatic heterocycles. The van der Waals surface area contributed by atoms with Gasteiger partial charge < -0.3 is 9.42 Å². The second kappa shape index (κ2) is 4.90. The lowest BCUT2D eigenvalue weighted by Crippen LogP contribution is -2.47. The molecule has 1 fully saturated rings. The van der Waals surface area contributed by atoms with Crippen LogP contribution in [0, 0.1) is 0 Å². The molecular formula is C13H20N2O2. The third-order valence-corrected chi connectivity index (χ3v) is 3.55. The molecule has 1 aromatic rings. The van der Waals surface area contributed by atoms with Gasteiger partial charge in [-0.3, -0.25) is 4.79 Å². The lowest BCUT2D eigenvalue weighted by Gasteiger charge is -2.38. The van der Waals surface area contributed by atoms with Crippen molar-refractivity contribution in [1.29, 1.82) is 0 Å². The van der Waals surface area contributed by atoms with E-state index in [0.29, 0.717) is 17.8 Å². The first-order chi connectivity index (χ1) is 8.13. The average Bonchev–Trinajstić information content (AvgIpc) is 2.77. The standard InChI is InChI=1S/C13H20N2O2/c1-4-11-8-12(14-17-11)13(16)15-9(2)6-5-7-10(15)3/h8-10H,4-7H2,1-3H3. The van der Waals surface area contributed by atoms with Crippen molar-refractivity contribution in [3.05, 3.63) is 17.5 Å². The van der Waals surface area contributed by atoms with Gasteiger partial charge in [-0.25, -0.2) is 0 Å². The summed E-state index contributed by atoms with van der Waals surface area (Å²) < 4.78 is 5.10. The minimum absolute atomic E-state index is 0.00755. The van der Waals surface area contributed by atoms with Crippen LogP contribution in [-0.2, 0) is 6.42 Å². The van der Waals surface area contributed by atoms with Crippen LogP contribution >= 0.6 is 0 Å². The molecule has 0 radical (unpaired) electrons. The van der Waals surface area contributed by atoms with Crippen LogP contribution in [-0.4, -0.2) is 28.0 Å². The average molecular weight is 236 g/mol. The highest BCUT2D eigenvalue weighted by molar-refractivity contribution is 5.92. The monoisotopic (exact) mass is 236 g/mol. The Morgan fingerprint density at radius 2 is 2.12 bits per heavy atom. The summed E-state index contributed by atoms with van der Waals surface area (Å²) in [4.78, 5) is 14.3. The lowest BCUT2D eigenvalue weighted by atomic mass is 9.97. The number of aryl methyl sites for hydroxylation is 1. The van der Waals surface area contributed by atoms with Crippen molar-refractivity contribution in [2.24, 2.45) is 0 Å².